The highest BCUT2D eigenvalue weighted by molar-refractivity contribution is 9.12. The van der Waals surface area contributed by atoms with Gasteiger partial charge in [0.1, 0.15) is 0 Å². The number of hydrogen-bond acceptors (Lipinski definition) is 3. The molecule has 3 rings (SSSR count). The second-order valence-corrected chi connectivity index (χ2v) is 8.38. The third-order valence-corrected chi connectivity index (χ3v) is 5.56. The van der Waals surface area contributed by atoms with Crippen LogP contribution in [0.3, 0.4) is 0 Å². The van der Waals surface area contributed by atoms with Gasteiger partial charge in [-0.1, -0.05) is 131 Å². The Morgan fingerprint density at radius 2 is 1.54 bits per heavy atom. The Hall–Kier alpha value is -2.56. The maximum Gasteiger partial charge on any atom is 0.165 e. The van der Waals surface area contributed by atoms with Crippen molar-refractivity contribution in [2.45, 2.75) is 129 Å². The Morgan fingerprint density at radius 1 is 1.02 bits per heavy atom. The predicted molar refractivity (Wildman–Crippen MR) is 191 cm³/mol. The van der Waals surface area contributed by atoms with E-state index in [1.165, 1.54) is 11.1 Å². The molecule has 1 saturated carbocycles. The molecule has 4 heteroatoms. The number of nitriles is 1. The maximum absolute atomic E-state index is 11.6. The number of nitrogens with two attached hydrogens (primary N) is 1. The number of Topliss-reactive ketones (excluding diaryl/α,β-unsaturated/α-hetero) is 1. The lowest BCUT2D eigenvalue weighted by molar-refractivity contribution is -0.116. The number of allylic oxidation sites excluding steroid dienone is 6. The Bertz CT molecular complexity index is 939. The van der Waals surface area contributed by atoms with E-state index in [2.05, 4.69) is 57.9 Å². The molecule has 0 aliphatic heterocycles. The molecule has 2 aliphatic carbocycles. The van der Waals surface area contributed by atoms with Gasteiger partial charge in [-0.15, -0.1) is 0 Å². The van der Waals surface area contributed by atoms with Crippen LogP contribution in [0.2, 0.25) is 0 Å². The summed E-state index contributed by atoms with van der Waals surface area (Å²) in [6.45, 7) is 24.1. The van der Waals surface area contributed by atoms with Crippen LogP contribution >= 0.6 is 15.9 Å². The average molecular weight is 632 g/mol. The summed E-state index contributed by atoms with van der Waals surface area (Å²) >= 11 is 3.18. The molecule has 1 aromatic carbocycles. The van der Waals surface area contributed by atoms with Crippen LogP contribution in [0, 0.1) is 33.4 Å². The topological polar surface area (TPSA) is 66.9 Å². The largest absolute Gasteiger partial charge is 0.402 e. The van der Waals surface area contributed by atoms with Crippen molar-refractivity contribution in [1.82, 2.24) is 0 Å². The monoisotopic (exact) mass is 630 g/mol. The molecule has 2 aliphatic rings. The van der Waals surface area contributed by atoms with Gasteiger partial charge in [-0.3, -0.25) is 4.79 Å². The molecule has 41 heavy (non-hydrogen) atoms. The lowest BCUT2D eigenvalue weighted by Crippen LogP contribution is -2.23. The number of hydrogen-bond donors (Lipinski definition) is 1. The molecule has 0 spiro atoms. The van der Waals surface area contributed by atoms with Gasteiger partial charge in [0, 0.05) is 45.0 Å². The second-order valence-electron chi connectivity index (χ2n) is 7.99. The second kappa shape index (κ2) is 33.6. The number of nitrogens with zero attached hydrogens (tertiary/aromatic N) is 1. The molecule has 1 unspecified atom stereocenters. The fourth-order valence-electron chi connectivity index (χ4n) is 3.53. The van der Waals surface area contributed by atoms with Crippen LogP contribution in [0.5, 0.6) is 0 Å². The maximum atomic E-state index is 11.6. The molecule has 234 valence electrons. The van der Waals surface area contributed by atoms with Gasteiger partial charge in [0.05, 0.1) is 12.5 Å². The first kappa shape index (κ1) is 48.2. The molecule has 0 bridgehead atoms. The zero-order valence-electron chi connectivity index (χ0n) is 27.7. The number of benzene rings is 1. The van der Waals surface area contributed by atoms with Crippen molar-refractivity contribution in [1.29, 1.82) is 5.26 Å². The minimum atomic E-state index is 0. The van der Waals surface area contributed by atoms with E-state index in [0.717, 1.165) is 37.8 Å². The molecule has 0 radical (unpaired) electrons. The summed E-state index contributed by atoms with van der Waals surface area (Å²) in [5.41, 5.74) is 10.5. The van der Waals surface area contributed by atoms with E-state index in [4.69, 9.17) is 11.0 Å². The minimum absolute atomic E-state index is 0. The van der Waals surface area contributed by atoms with Crippen molar-refractivity contribution in [3.05, 3.63) is 65.4 Å². The van der Waals surface area contributed by atoms with Crippen molar-refractivity contribution in [3.8, 4) is 16.8 Å². The highest BCUT2D eigenvalue weighted by Crippen LogP contribution is 2.40. The number of rotatable bonds is 5. The van der Waals surface area contributed by atoms with Gasteiger partial charge in [-0.25, -0.2) is 0 Å². The summed E-state index contributed by atoms with van der Waals surface area (Å²) in [4.78, 5) is 14.4. The smallest absolute Gasteiger partial charge is 0.165 e. The number of carbonyl (C=O) groups is 1. The van der Waals surface area contributed by atoms with Crippen molar-refractivity contribution >= 4 is 27.3 Å². The molecular formula is C37H63BrN2O. The normalized spacial score (nSPS) is 16.2. The average Bonchev–Trinajstić information content (AvgIpc) is 3.87. The summed E-state index contributed by atoms with van der Waals surface area (Å²) in [6.07, 6.45) is 10.6. The van der Waals surface area contributed by atoms with E-state index in [0.29, 0.717) is 12.0 Å². The molecule has 3 nitrogen and oxygen atoms in total. The summed E-state index contributed by atoms with van der Waals surface area (Å²) in [5.74, 6) is 3.66. The van der Waals surface area contributed by atoms with E-state index in [-0.39, 0.29) is 24.5 Å². The SMILES string of the molecule is C.C/C=C\C(=C/CC#N)C(=O)C1CC1.CC.CC.CC.CC.CC.CC1(C#CBr)CCC(c2ccccc2)=C(N)C1. The van der Waals surface area contributed by atoms with E-state index in [1.807, 2.05) is 94.4 Å². The first-order valence-corrected chi connectivity index (χ1v) is 16.1. The Labute approximate surface area is 264 Å². The summed E-state index contributed by atoms with van der Waals surface area (Å²) in [6, 6.07) is 12.4. The third kappa shape index (κ3) is 21.8. The van der Waals surface area contributed by atoms with Crippen molar-refractivity contribution in [2.75, 3.05) is 0 Å². The molecule has 0 saturated heterocycles. The van der Waals surface area contributed by atoms with E-state index in [9.17, 15) is 4.79 Å². The molecule has 1 aromatic rings. The van der Waals surface area contributed by atoms with Crippen molar-refractivity contribution in [2.24, 2.45) is 17.1 Å². The summed E-state index contributed by atoms with van der Waals surface area (Å²) < 4.78 is 0. The van der Waals surface area contributed by atoms with Crippen LogP contribution in [-0.2, 0) is 4.79 Å². The van der Waals surface area contributed by atoms with Gasteiger partial charge in [0.15, 0.2) is 5.78 Å². The Balaban J connectivity index is -0.000000161. The first-order chi connectivity index (χ1) is 19.4. The summed E-state index contributed by atoms with van der Waals surface area (Å²) in [7, 11) is 0. The van der Waals surface area contributed by atoms with E-state index in [1.54, 1.807) is 12.2 Å². The molecule has 2 N–H and O–H groups in total. The Morgan fingerprint density at radius 3 is 1.93 bits per heavy atom. The molecular weight excluding hydrogens is 568 g/mol. The zero-order chi connectivity index (χ0) is 32.0. The van der Waals surface area contributed by atoms with Crippen LogP contribution in [0.4, 0.5) is 0 Å². The third-order valence-electron chi connectivity index (χ3n) is 5.36. The van der Waals surface area contributed by atoms with Gasteiger partial charge in [-0.2, -0.15) is 5.26 Å². The fraction of sp³-hybridized carbons (Fsp3) is 0.568. The standard InChI is InChI=1S/C15H16BrN.C11H13NO.5C2H6.CH4/c1-15(9-10-16)8-7-13(14(17)11-15)12-5-3-2-4-6-12;1-2-4-9(5-3-8-12)11(13)10-6-7-10;5*1-2;/h2-6H,7-8,11,17H2,1H3;2,4-5,10H,3,6-7H2,1H3;5*1-2H3;1H4/b;4-2-,9-5+;;;;;;. The van der Waals surface area contributed by atoms with E-state index >= 15 is 0 Å². The predicted octanol–water partition coefficient (Wildman–Crippen LogP) is 12.1. The van der Waals surface area contributed by atoms with Crippen molar-refractivity contribution in [3.63, 3.8) is 0 Å². The van der Waals surface area contributed by atoms with Crippen LogP contribution < -0.4 is 5.73 Å². The molecule has 1 fully saturated rings. The van der Waals surface area contributed by atoms with Gasteiger partial charge in [0.25, 0.3) is 0 Å². The quantitative estimate of drug-likeness (QED) is 0.200. The molecule has 0 aromatic heterocycles. The lowest BCUT2D eigenvalue weighted by atomic mass is 9.74. The van der Waals surface area contributed by atoms with Crippen LogP contribution in [0.15, 0.2) is 59.8 Å². The molecule has 1 atom stereocenters. The van der Waals surface area contributed by atoms with Crippen LogP contribution in [-0.4, -0.2) is 5.78 Å². The van der Waals surface area contributed by atoms with Crippen molar-refractivity contribution < 1.29 is 4.79 Å². The lowest BCUT2D eigenvalue weighted by Gasteiger charge is -2.30. The molecule has 0 amide bonds. The van der Waals surface area contributed by atoms with Gasteiger partial charge >= 0.3 is 0 Å². The van der Waals surface area contributed by atoms with Gasteiger partial charge in [-0.05, 0) is 55.5 Å². The highest BCUT2D eigenvalue weighted by Gasteiger charge is 2.30. The number of halogens is 1. The fourth-order valence-corrected chi connectivity index (χ4v) is 4.01. The molecule has 0 heterocycles. The zero-order valence-corrected chi connectivity index (χ0v) is 29.3. The van der Waals surface area contributed by atoms with Crippen LogP contribution in [0.1, 0.15) is 135 Å². The summed E-state index contributed by atoms with van der Waals surface area (Å²) in [5, 5.41) is 8.39. The number of ketones is 1. The van der Waals surface area contributed by atoms with E-state index < -0.39 is 0 Å². The first-order valence-electron chi connectivity index (χ1n) is 15.3. The van der Waals surface area contributed by atoms with Gasteiger partial charge < -0.3 is 5.73 Å². The Kier molecular flexibility index (Phi) is 39.5. The van der Waals surface area contributed by atoms with Gasteiger partial charge in [0.2, 0.25) is 0 Å². The number of carbonyl (C=O) groups excluding carboxylic acids is 1. The van der Waals surface area contributed by atoms with Crippen LogP contribution in [0.25, 0.3) is 5.57 Å². The minimum Gasteiger partial charge on any atom is -0.402 e. The highest BCUT2D eigenvalue weighted by atomic mass is 79.9.